The number of para-hydroxylation sites is 1. The highest BCUT2D eigenvalue weighted by Gasteiger charge is 2.28. The fourth-order valence-corrected chi connectivity index (χ4v) is 3.78. The van der Waals surface area contributed by atoms with Crippen molar-refractivity contribution in [2.75, 3.05) is 30.8 Å². The van der Waals surface area contributed by atoms with E-state index in [4.69, 9.17) is 4.74 Å². The van der Waals surface area contributed by atoms with Crippen LogP contribution in [0.3, 0.4) is 0 Å². The van der Waals surface area contributed by atoms with Gasteiger partial charge in [0.2, 0.25) is 0 Å². The molecule has 172 valence electrons. The zero-order valence-electron chi connectivity index (χ0n) is 19.0. The molecule has 0 fully saturated rings. The second-order valence-electron chi connectivity index (χ2n) is 7.78. The number of fused-ring (bicyclic) bond motifs is 1. The summed E-state index contributed by atoms with van der Waals surface area (Å²) >= 11 is 0. The Hall–Kier alpha value is -4.39. The molecule has 3 aromatic rings. The van der Waals surface area contributed by atoms with E-state index in [0.29, 0.717) is 22.5 Å². The molecule has 0 saturated heterocycles. The summed E-state index contributed by atoms with van der Waals surface area (Å²) < 4.78 is 4.91. The van der Waals surface area contributed by atoms with E-state index < -0.39 is 5.97 Å². The summed E-state index contributed by atoms with van der Waals surface area (Å²) in [7, 11) is 1.56. The number of hydrogen-bond acceptors (Lipinski definition) is 5. The van der Waals surface area contributed by atoms with Crippen molar-refractivity contribution in [3.05, 3.63) is 95.6 Å². The Morgan fingerprint density at radius 1 is 0.912 bits per heavy atom. The predicted molar refractivity (Wildman–Crippen MR) is 132 cm³/mol. The van der Waals surface area contributed by atoms with E-state index in [1.54, 1.807) is 38.2 Å². The van der Waals surface area contributed by atoms with Gasteiger partial charge < -0.3 is 20.3 Å². The van der Waals surface area contributed by atoms with Crippen molar-refractivity contribution >= 4 is 40.4 Å². The lowest BCUT2D eigenvalue weighted by Gasteiger charge is -2.17. The van der Waals surface area contributed by atoms with Gasteiger partial charge in [-0.2, -0.15) is 0 Å². The van der Waals surface area contributed by atoms with Gasteiger partial charge in [0.1, 0.15) is 6.54 Å². The number of carbonyl (C=O) groups is 3. The molecule has 2 N–H and O–H groups in total. The van der Waals surface area contributed by atoms with Gasteiger partial charge in [-0.05, 0) is 42.8 Å². The number of benzene rings is 3. The molecule has 0 unspecified atom stereocenters. The van der Waals surface area contributed by atoms with Crippen LogP contribution in [-0.2, 0) is 14.3 Å². The quantitative estimate of drug-likeness (QED) is 0.411. The Morgan fingerprint density at radius 3 is 2.29 bits per heavy atom. The normalized spacial score (nSPS) is 13.5. The highest BCUT2D eigenvalue weighted by Crippen LogP contribution is 2.37. The van der Waals surface area contributed by atoms with Crippen molar-refractivity contribution in [3.63, 3.8) is 0 Å². The number of hydrogen-bond donors (Lipinski definition) is 2. The van der Waals surface area contributed by atoms with Crippen LogP contribution in [0.15, 0.2) is 78.9 Å². The van der Waals surface area contributed by atoms with Crippen molar-refractivity contribution in [1.82, 2.24) is 4.90 Å². The predicted octanol–water partition coefficient (Wildman–Crippen LogP) is 4.25. The van der Waals surface area contributed by atoms with E-state index in [2.05, 4.69) is 10.6 Å². The first-order chi connectivity index (χ1) is 16.5. The third-order valence-corrected chi connectivity index (χ3v) is 5.40. The van der Waals surface area contributed by atoms with E-state index >= 15 is 0 Å². The van der Waals surface area contributed by atoms with Crippen molar-refractivity contribution in [1.29, 1.82) is 0 Å². The van der Waals surface area contributed by atoms with Gasteiger partial charge in [0.15, 0.2) is 0 Å². The van der Waals surface area contributed by atoms with Crippen molar-refractivity contribution in [3.8, 4) is 0 Å². The number of likely N-dealkylation sites (N-methyl/N-ethyl adjacent to an activating group) is 1. The van der Waals surface area contributed by atoms with Gasteiger partial charge in [-0.25, -0.2) is 0 Å². The molecule has 0 radical (unpaired) electrons. The third kappa shape index (κ3) is 4.83. The molecule has 1 aliphatic rings. The Labute approximate surface area is 198 Å². The fraction of sp³-hybridized carbons (Fsp3) is 0.148. The van der Waals surface area contributed by atoms with E-state index in [9.17, 15) is 14.4 Å². The average molecular weight is 456 g/mol. The van der Waals surface area contributed by atoms with Gasteiger partial charge in [0.25, 0.3) is 11.8 Å². The minimum Gasteiger partial charge on any atom is -0.465 e. The Kier molecular flexibility index (Phi) is 6.73. The zero-order valence-corrected chi connectivity index (χ0v) is 19.0. The van der Waals surface area contributed by atoms with E-state index in [1.807, 2.05) is 54.6 Å². The van der Waals surface area contributed by atoms with Crippen LogP contribution in [0.25, 0.3) is 11.3 Å². The van der Waals surface area contributed by atoms with Crippen LogP contribution >= 0.6 is 0 Å². The number of amides is 2. The van der Waals surface area contributed by atoms with E-state index in [1.165, 1.54) is 4.90 Å². The molecule has 2 amide bonds. The van der Waals surface area contributed by atoms with Crippen LogP contribution in [-0.4, -0.2) is 42.9 Å². The first-order valence-electron chi connectivity index (χ1n) is 11.0. The molecular formula is C27H25N3O4. The summed E-state index contributed by atoms with van der Waals surface area (Å²) in [6.07, 6.45) is 0. The number of carbonyl (C=O) groups excluding carboxylic acids is 3. The summed E-state index contributed by atoms with van der Waals surface area (Å²) in [5, 5.41) is 6.29. The second-order valence-corrected chi connectivity index (χ2v) is 7.78. The molecule has 1 aliphatic heterocycles. The molecule has 1 heterocycles. The maximum Gasteiger partial charge on any atom is 0.325 e. The largest absolute Gasteiger partial charge is 0.465 e. The van der Waals surface area contributed by atoms with Gasteiger partial charge >= 0.3 is 5.97 Å². The Balaban J connectivity index is 1.62. The van der Waals surface area contributed by atoms with Crippen LogP contribution in [0, 0.1) is 0 Å². The molecule has 0 aromatic heterocycles. The van der Waals surface area contributed by atoms with Gasteiger partial charge in [0.05, 0.1) is 17.9 Å². The minimum absolute atomic E-state index is 0.120. The third-order valence-electron chi connectivity index (χ3n) is 5.40. The minimum atomic E-state index is -0.453. The molecule has 0 bridgehead atoms. The molecule has 0 saturated carbocycles. The Morgan fingerprint density at radius 2 is 1.59 bits per heavy atom. The van der Waals surface area contributed by atoms with Crippen LogP contribution < -0.4 is 10.6 Å². The van der Waals surface area contributed by atoms with Crippen LogP contribution in [0.5, 0.6) is 0 Å². The topological polar surface area (TPSA) is 87.7 Å². The number of rotatable bonds is 7. The van der Waals surface area contributed by atoms with Gasteiger partial charge in [-0.1, -0.05) is 48.5 Å². The molecule has 0 spiro atoms. The van der Waals surface area contributed by atoms with Crippen molar-refractivity contribution in [2.24, 2.45) is 0 Å². The van der Waals surface area contributed by atoms with Crippen LogP contribution in [0.2, 0.25) is 0 Å². The maximum absolute atomic E-state index is 12.9. The fourth-order valence-electron chi connectivity index (χ4n) is 3.78. The molecule has 4 rings (SSSR count). The first kappa shape index (κ1) is 22.8. The zero-order chi connectivity index (χ0) is 24.1. The molecule has 0 aliphatic carbocycles. The molecule has 7 heteroatoms. The van der Waals surface area contributed by atoms with Gasteiger partial charge in [-0.15, -0.1) is 0 Å². The number of anilines is 2. The molecule has 3 aromatic carbocycles. The molecule has 34 heavy (non-hydrogen) atoms. The van der Waals surface area contributed by atoms with Crippen molar-refractivity contribution < 1.29 is 19.1 Å². The standard InChI is InChI=1S/C27H25N3O4/c1-3-34-23(31)17-30(2)27(33)19-13-15-20(16-14-19)28-25(18-9-5-4-6-10-18)24-21-11-7-8-12-22(21)29-26(24)32/h4-16,28H,3,17H2,1-2H3,(H,29,32). The molecule has 0 atom stereocenters. The second kappa shape index (κ2) is 10.0. The summed E-state index contributed by atoms with van der Waals surface area (Å²) in [6.45, 7) is 1.87. The number of nitrogens with one attached hydrogen (secondary N) is 2. The number of ether oxygens (including phenoxy) is 1. The van der Waals surface area contributed by atoms with Crippen molar-refractivity contribution in [2.45, 2.75) is 6.92 Å². The lowest BCUT2D eigenvalue weighted by atomic mass is 10.00. The average Bonchev–Trinajstić information content (AvgIpc) is 3.18. The van der Waals surface area contributed by atoms with E-state index in [-0.39, 0.29) is 25.0 Å². The Bertz CT molecular complexity index is 1250. The molecule has 7 nitrogen and oxygen atoms in total. The highest BCUT2D eigenvalue weighted by molar-refractivity contribution is 6.37. The monoisotopic (exact) mass is 455 g/mol. The van der Waals surface area contributed by atoms with Gasteiger partial charge in [-0.3, -0.25) is 14.4 Å². The summed E-state index contributed by atoms with van der Waals surface area (Å²) in [5.41, 5.74) is 4.83. The lowest BCUT2D eigenvalue weighted by molar-refractivity contribution is -0.143. The molecular weight excluding hydrogens is 430 g/mol. The lowest BCUT2D eigenvalue weighted by Crippen LogP contribution is -2.33. The summed E-state index contributed by atoms with van der Waals surface area (Å²) in [6, 6.07) is 24.1. The SMILES string of the molecule is CCOC(=O)CN(C)C(=O)c1ccc(NC(=C2C(=O)Nc3ccccc32)c2ccccc2)cc1. The van der Waals surface area contributed by atoms with Gasteiger partial charge in [0, 0.05) is 29.5 Å². The maximum atomic E-state index is 12.9. The van der Waals surface area contributed by atoms with Crippen LogP contribution in [0.1, 0.15) is 28.4 Å². The summed E-state index contributed by atoms with van der Waals surface area (Å²) in [5.74, 6) is -0.920. The number of nitrogens with zero attached hydrogens (tertiary/aromatic N) is 1. The highest BCUT2D eigenvalue weighted by atomic mass is 16.5. The smallest absolute Gasteiger partial charge is 0.325 e. The number of esters is 1. The van der Waals surface area contributed by atoms with Crippen LogP contribution in [0.4, 0.5) is 11.4 Å². The first-order valence-corrected chi connectivity index (χ1v) is 11.0. The summed E-state index contributed by atoms with van der Waals surface area (Å²) in [4.78, 5) is 38.5. The van der Waals surface area contributed by atoms with E-state index in [0.717, 1.165) is 16.8 Å².